The van der Waals surface area contributed by atoms with Gasteiger partial charge in [0.05, 0.1) is 10.5 Å². The third-order valence-corrected chi connectivity index (χ3v) is 6.28. The minimum atomic E-state index is -3.91. The zero-order valence-corrected chi connectivity index (χ0v) is 14.9. The summed E-state index contributed by atoms with van der Waals surface area (Å²) in [5, 5.41) is 9.12. The lowest BCUT2D eigenvalue weighted by Gasteiger charge is -2.34. The van der Waals surface area contributed by atoms with Gasteiger partial charge in [-0.15, -0.1) is 0 Å². The monoisotopic (exact) mass is 391 g/mol. The highest BCUT2D eigenvalue weighted by atomic mass is 32.2. The number of nitrogens with zero attached hydrogens (tertiary/aromatic N) is 3. The van der Waals surface area contributed by atoms with Crippen molar-refractivity contribution in [3.8, 4) is 6.07 Å². The van der Waals surface area contributed by atoms with Crippen molar-refractivity contribution >= 4 is 15.9 Å². The maximum absolute atomic E-state index is 13.8. The fourth-order valence-corrected chi connectivity index (χ4v) is 4.48. The van der Waals surface area contributed by atoms with Gasteiger partial charge in [-0.2, -0.15) is 9.57 Å². The standard InChI is InChI=1S/C18H15F2N3O3S/c19-14-5-3-6-15(20)17(14)18(24)22-8-10-23(11-9-22)27(25,26)16-7-2-1-4-13(16)12-21/h1-7H,8-11H2. The Bertz CT molecular complexity index is 1010. The number of carbonyl (C=O) groups is 1. The number of hydrogen-bond acceptors (Lipinski definition) is 4. The van der Waals surface area contributed by atoms with Gasteiger partial charge in [-0.05, 0) is 24.3 Å². The second-order valence-electron chi connectivity index (χ2n) is 5.90. The molecule has 0 radical (unpaired) electrons. The van der Waals surface area contributed by atoms with E-state index in [0.717, 1.165) is 16.4 Å². The Morgan fingerprint density at radius 3 is 2.15 bits per heavy atom. The molecule has 0 aromatic heterocycles. The molecule has 1 aliphatic rings. The summed E-state index contributed by atoms with van der Waals surface area (Å²) in [4.78, 5) is 13.5. The first-order valence-electron chi connectivity index (χ1n) is 8.09. The molecule has 0 saturated carbocycles. The molecule has 1 saturated heterocycles. The van der Waals surface area contributed by atoms with E-state index in [2.05, 4.69) is 0 Å². The molecule has 0 atom stereocenters. The van der Waals surface area contributed by atoms with Gasteiger partial charge in [-0.1, -0.05) is 18.2 Å². The SMILES string of the molecule is N#Cc1ccccc1S(=O)(=O)N1CCN(C(=O)c2c(F)cccc2F)CC1. The number of halogens is 2. The van der Waals surface area contributed by atoms with Crippen LogP contribution in [-0.4, -0.2) is 49.7 Å². The van der Waals surface area contributed by atoms with E-state index in [0.29, 0.717) is 0 Å². The summed E-state index contributed by atoms with van der Waals surface area (Å²) in [6.07, 6.45) is 0. The number of hydrogen-bond donors (Lipinski definition) is 0. The lowest BCUT2D eigenvalue weighted by atomic mass is 10.1. The average molecular weight is 391 g/mol. The number of piperazine rings is 1. The first-order chi connectivity index (χ1) is 12.9. The Kier molecular flexibility index (Phi) is 5.21. The van der Waals surface area contributed by atoms with Crippen molar-refractivity contribution in [2.45, 2.75) is 4.90 Å². The quantitative estimate of drug-likeness (QED) is 0.801. The molecule has 0 unspecified atom stereocenters. The topological polar surface area (TPSA) is 81.5 Å². The Balaban J connectivity index is 1.77. The molecule has 2 aromatic carbocycles. The zero-order valence-electron chi connectivity index (χ0n) is 14.1. The van der Waals surface area contributed by atoms with Crippen LogP contribution < -0.4 is 0 Å². The molecule has 9 heteroatoms. The molecule has 1 fully saturated rings. The van der Waals surface area contributed by atoms with Gasteiger partial charge in [-0.25, -0.2) is 17.2 Å². The van der Waals surface area contributed by atoms with Gasteiger partial charge in [0.25, 0.3) is 5.91 Å². The van der Waals surface area contributed by atoms with Crippen LogP contribution in [0.3, 0.4) is 0 Å². The van der Waals surface area contributed by atoms with E-state index in [9.17, 15) is 22.0 Å². The van der Waals surface area contributed by atoms with Gasteiger partial charge < -0.3 is 4.90 Å². The van der Waals surface area contributed by atoms with Crippen molar-refractivity contribution in [2.24, 2.45) is 0 Å². The van der Waals surface area contributed by atoms with Crippen LogP contribution in [0, 0.1) is 23.0 Å². The molecular weight excluding hydrogens is 376 g/mol. The summed E-state index contributed by atoms with van der Waals surface area (Å²) >= 11 is 0. The predicted octanol–water partition coefficient (Wildman–Crippen LogP) is 1.98. The van der Waals surface area contributed by atoms with Crippen LogP contribution in [-0.2, 0) is 10.0 Å². The first kappa shape index (κ1) is 18.9. The molecule has 6 nitrogen and oxygen atoms in total. The molecule has 140 valence electrons. The highest BCUT2D eigenvalue weighted by Gasteiger charge is 2.33. The number of amides is 1. The molecule has 0 aliphatic carbocycles. The van der Waals surface area contributed by atoms with Crippen molar-refractivity contribution in [1.82, 2.24) is 9.21 Å². The molecule has 1 heterocycles. The Labute approximate surface area is 155 Å². The van der Waals surface area contributed by atoms with Crippen molar-refractivity contribution in [3.63, 3.8) is 0 Å². The first-order valence-corrected chi connectivity index (χ1v) is 9.53. The van der Waals surface area contributed by atoms with Gasteiger partial charge in [0, 0.05) is 26.2 Å². The maximum atomic E-state index is 13.8. The summed E-state index contributed by atoms with van der Waals surface area (Å²) in [6, 6.07) is 10.9. The molecule has 0 N–H and O–H groups in total. The molecule has 1 aliphatic heterocycles. The third kappa shape index (κ3) is 3.54. The van der Waals surface area contributed by atoms with Gasteiger partial charge >= 0.3 is 0 Å². The summed E-state index contributed by atoms with van der Waals surface area (Å²) < 4.78 is 54.3. The van der Waals surface area contributed by atoms with Crippen molar-refractivity contribution < 1.29 is 22.0 Å². The van der Waals surface area contributed by atoms with E-state index >= 15 is 0 Å². The Morgan fingerprint density at radius 2 is 1.56 bits per heavy atom. The van der Waals surface area contributed by atoms with Crippen LogP contribution in [0.25, 0.3) is 0 Å². The largest absolute Gasteiger partial charge is 0.336 e. The van der Waals surface area contributed by atoms with Crippen molar-refractivity contribution in [1.29, 1.82) is 5.26 Å². The molecule has 0 spiro atoms. The molecule has 0 bridgehead atoms. The van der Waals surface area contributed by atoms with E-state index < -0.39 is 33.1 Å². The van der Waals surface area contributed by atoms with E-state index in [-0.39, 0.29) is 36.6 Å². The van der Waals surface area contributed by atoms with E-state index in [4.69, 9.17) is 5.26 Å². The van der Waals surface area contributed by atoms with Gasteiger partial charge in [-0.3, -0.25) is 4.79 Å². The van der Waals surface area contributed by atoms with Crippen LogP contribution >= 0.6 is 0 Å². The van der Waals surface area contributed by atoms with Crippen LogP contribution in [0.4, 0.5) is 8.78 Å². The fraction of sp³-hybridized carbons (Fsp3) is 0.222. The number of nitriles is 1. The van der Waals surface area contributed by atoms with E-state index in [1.807, 2.05) is 6.07 Å². The lowest BCUT2D eigenvalue weighted by molar-refractivity contribution is 0.0688. The lowest BCUT2D eigenvalue weighted by Crippen LogP contribution is -2.50. The smallest absolute Gasteiger partial charge is 0.259 e. The van der Waals surface area contributed by atoms with Crippen molar-refractivity contribution in [3.05, 3.63) is 65.2 Å². The summed E-state index contributed by atoms with van der Waals surface area (Å²) in [5.41, 5.74) is -0.618. The Morgan fingerprint density at radius 1 is 0.963 bits per heavy atom. The van der Waals surface area contributed by atoms with Crippen LogP contribution in [0.1, 0.15) is 15.9 Å². The van der Waals surface area contributed by atoms with Gasteiger partial charge in [0.1, 0.15) is 23.3 Å². The third-order valence-electron chi connectivity index (χ3n) is 4.33. The number of carbonyl (C=O) groups excluding carboxylic acids is 1. The number of benzene rings is 2. The normalized spacial score (nSPS) is 15.4. The average Bonchev–Trinajstić information content (AvgIpc) is 2.67. The van der Waals surface area contributed by atoms with E-state index in [1.54, 1.807) is 6.07 Å². The highest BCUT2D eigenvalue weighted by molar-refractivity contribution is 7.89. The molecule has 3 rings (SSSR count). The predicted molar refractivity (Wildman–Crippen MR) is 92.2 cm³/mol. The van der Waals surface area contributed by atoms with E-state index in [1.165, 1.54) is 29.2 Å². The summed E-state index contributed by atoms with van der Waals surface area (Å²) in [5.74, 6) is -2.74. The molecular formula is C18H15F2N3O3S. The molecule has 27 heavy (non-hydrogen) atoms. The zero-order chi connectivity index (χ0) is 19.6. The molecule has 2 aromatic rings. The number of sulfonamides is 1. The summed E-state index contributed by atoms with van der Waals surface area (Å²) in [7, 11) is -3.91. The second-order valence-corrected chi connectivity index (χ2v) is 7.81. The van der Waals surface area contributed by atoms with Gasteiger partial charge in [0.15, 0.2) is 0 Å². The minimum absolute atomic E-state index is 0.0133. The number of rotatable bonds is 3. The van der Waals surface area contributed by atoms with Crippen LogP contribution in [0.2, 0.25) is 0 Å². The van der Waals surface area contributed by atoms with Gasteiger partial charge in [0.2, 0.25) is 10.0 Å². The van der Waals surface area contributed by atoms with Crippen LogP contribution in [0.5, 0.6) is 0 Å². The summed E-state index contributed by atoms with van der Waals surface area (Å²) in [6.45, 7) is -0.102. The fourth-order valence-electron chi connectivity index (χ4n) is 2.91. The Hall–Kier alpha value is -2.83. The maximum Gasteiger partial charge on any atom is 0.259 e. The molecule has 1 amide bonds. The highest BCUT2D eigenvalue weighted by Crippen LogP contribution is 2.22. The van der Waals surface area contributed by atoms with Crippen molar-refractivity contribution in [2.75, 3.05) is 26.2 Å². The minimum Gasteiger partial charge on any atom is -0.336 e. The second kappa shape index (κ2) is 7.42. The van der Waals surface area contributed by atoms with Crippen LogP contribution in [0.15, 0.2) is 47.4 Å².